The van der Waals surface area contributed by atoms with Gasteiger partial charge in [-0.25, -0.2) is 4.99 Å². The number of aromatic amines is 1. The van der Waals surface area contributed by atoms with Gasteiger partial charge in [-0.15, -0.1) is 24.0 Å². The minimum absolute atomic E-state index is 0. The molecule has 2 aromatic carbocycles. The van der Waals surface area contributed by atoms with E-state index in [9.17, 15) is 5.11 Å². The number of halogens is 1. The van der Waals surface area contributed by atoms with E-state index in [1.807, 2.05) is 49.4 Å². The van der Waals surface area contributed by atoms with Crippen LogP contribution in [0.4, 0.5) is 0 Å². The van der Waals surface area contributed by atoms with Gasteiger partial charge in [0, 0.05) is 17.8 Å². The van der Waals surface area contributed by atoms with E-state index in [1.165, 1.54) is 5.39 Å². The normalized spacial score (nSPS) is 13.7. The summed E-state index contributed by atoms with van der Waals surface area (Å²) in [5.74, 6) is 0.683. The average Bonchev–Trinajstić information content (AvgIpc) is 3.08. The highest BCUT2D eigenvalue weighted by molar-refractivity contribution is 14.0. The number of hydrogen-bond acceptors (Lipinski definition) is 2. The zero-order valence-electron chi connectivity index (χ0n) is 15.7. The van der Waals surface area contributed by atoms with E-state index in [4.69, 9.17) is 0 Å². The second kappa shape index (κ2) is 9.75. The van der Waals surface area contributed by atoms with Crippen molar-refractivity contribution in [2.75, 3.05) is 13.1 Å². The molecule has 0 aliphatic carbocycles. The van der Waals surface area contributed by atoms with Crippen LogP contribution >= 0.6 is 24.0 Å². The summed E-state index contributed by atoms with van der Waals surface area (Å²) in [7, 11) is 0. The molecule has 0 aliphatic heterocycles. The van der Waals surface area contributed by atoms with E-state index in [1.54, 1.807) is 6.92 Å². The van der Waals surface area contributed by atoms with Crippen molar-refractivity contribution in [2.24, 2.45) is 4.99 Å². The minimum Gasteiger partial charge on any atom is -0.384 e. The van der Waals surface area contributed by atoms with Gasteiger partial charge in [0.05, 0.1) is 13.1 Å². The molecule has 3 aromatic rings. The fraction of sp³-hybridized carbons (Fsp3) is 0.286. The van der Waals surface area contributed by atoms with Gasteiger partial charge in [-0.05, 0) is 36.9 Å². The number of rotatable bonds is 6. The number of aromatic nitrogens is 1. The Morgan fingerprint density at radius 1 is 1.07 bits per heavy atom. The average molecular weight is 478 g/mol. The second-order valence-corrected chi connectivity index (χ2v) is 6.57. The Hall–Kier alpha value is -2.06. The third kappa shape index (κ3) is 5.71. The number of hydrogen-bond donors (Lipinski definition) is 4. The lowest BCUT2D eigenvalue weighted by atomic mass is 9.96. The number of benzene rings is 2. The van der Waals surface area contributed by atoms with Crippen LogP contribution in [0.1, 0.15) is 25.1 Å². The fourth-order valence-corrected chi connectivity index (χ4v) is 2.88. The summed E-state index contributed by atoms with van der Waals surface area (Å²) in [6.07, 6.45) is 0. The van der Waals surface area contributed by atoms with Crippen molar-refractivity contribution in [2.45, 2.75) is 26.0 Å². The lowest BCUT2D eigenvalue weighted by Gasteiger charge is -2.25. The van der Waals surface area contributed by atoms with Crippen LogP contribution in [-0.2, 0) is 12.1 Å². The maximum absolute atomic E-state index is 10.7. The van der Waals surface area contributed by atoms with Crippen LogP contribution in [-0.4, -0.2) is 29.1 Å². The number of aliphatic imine (C=N–C) groups is 1. The summed E-state index contributed by atoms with van der Waals surface area (Å²) >= 11 is 0. The van der Waals surface area contributed by atoms with E-state index in [2.05, 4.69) is 38.8 Å². The first-order valence-electron chi connectivity index (χ1n) is 8.95. The Morgan fingerprint density at radius 2 is 1.78 bits per heavy atom. The monoisotopic (exact) mass is 478 g/mol. The first kappa shape index (κ1) is 21.2. The van der Waals surface area contributed by atoms with E-state index in [0.717, 1.165) is 23.3 Å². The van der Waals surface area contributed by atoms with Gasteiger partial charge >= 0.3 is 0 Å². The first-order chi connectivity index (χ1) is 12.6. The Labute approximate surface area is 177 Å². The molecular formula is C21H27IN4O. The maximum atomic E-state index is 10.7. The van der Waals surface area contributed by atoms with Crippen LogP contribution in [0, 0.1) is 0 Å². The summed E-state index contributed by atoms with van der Waals surface area (Å²) in [5.41, 5.74) is 2.07. The van der Waals surface area contributed by atoms with E-state index in [0.29, 0.717) is 19.0 Å². The molecule has 144 valence electrons. The van der Waals surface area contributed by atoms with Crippen molar-refractivity contribution >= 4 is 40.8 Å². The largest absolute Gasteiger partial charge is 0.384 e. The molecule has 1 atom stereocenters. The number of aliphatic hydroxyl groups is 1. The number of H-pyrrole nitrogens is 1. The highest BCUT2D eigenvalue weighted by Gasteiger charge is 2.22. The third-order valence-electron chi connectivity index (χ3n) is 4.33. The van der Waals surface area contributed by atoms with Crippen molar-refractivity contribution in [3.8, 4) is 0 Å². The number of fused-ring (bicyclic) bond motifs is 1. The highest BCUT2D eigenvalue weighted by Crippen LogP contribution is 2.19. The molecule has 3 rings (SSSR count). The zero-order valence-corrected chi connectivity index (χ0v) is 18.0. The quantitative estimate of drug-likeness (QED) is 0.248. The molecular weight excluding hydrogens is 451 g/mol. The Morgan fingerprint density at radius 3 is 2.48 bits per heavy atom. The molecule has 0 saturated carbocycles. The van der Waals surface area contributed by atoms with Crippen LogP contribution in [0.15, 0.2) is 65.7 Å². The molecule has 0 bridgehead atoms. The van der Waals surface area contributed by atoms with Gasteiger partial charge in [0.1, 0.15) is 5.60 Å². The maximum Gasteiger partial charge on any atom is 0.191 e. The molecule has 1 unspecified atom stereocenters. The van der Waals surface area contributed by atoms with Crippen LogP contribution in [0.2, 0.25) is 0 Å². The standard InChI is InChI=1S/C21H26N4O.HI/c1-3-22-20(24-15-21(2,26)17-10-5-4-6-11-17)23-14-18-13-16-9-7-8-12-19(16)25-18;/h4-13,25-26H,3,14-15H2,1-2H3,(H2,22,23,24);1H. The van der Waals surface area contributed by atoms with E-state index >= 15 is 0 Å². The minimum atomic E-state index is -0.974. The molecule has 0 radical (unpaired) electrons. The van der Waals surface area contributed by atoms with Gasteiger partial charge in [0.15, 0.2) is 5.96 Å². The van der Waals surface area contributed by atoms with Crippen molar-refractivity contribution < 1.29 is 5.11 Å². The van der Waals surface area contributed by atoms with Gasteiger partial charge in [-0.2, -0.15) is 0 Å². The van der Waals surface area contributed by atoms with Gasteiger partial charge in [0.2, 0.25) is 0 Å². The van der Waals surface area contributed by atoms with E-state index in [-0.39, 0.29) is 24.0 Å². The molecule has 0 saturated heterocycles. The number of nitrogens with zero attached hydrogens (tertiary/aromatic N) is 1. The lowest BCUT2D eigenvalue weighted by Crippen LogP contribution is -2.44. The molecule has 1 heterocycles. The van der Waals surface area contributed by atoms with Crippen molar-refractivity contribution in [1.29, 1.82) is 0 Å². The second-order valence-electron chi connectivity index (χ2n) is 6.57. The molecule has 0 amide bonds. The number of para-hydroxylation sites is 1. The van der Waals surface area contributed by atoms with Crippen LogP contribution in [0.3, 0.4) is 0 Å². The van der Waals surface area contributed by atoms with Crippen molar-refractivity contribution in [3.63, 3.8) is 0 Å². The number of nitrogens with one attached hydrogen (secondary N) is 3. The van der Waals surface area contributed by atoms with Crippen LogP contribution in [0.5, 0.6) is 0 Å². The molecule has 0 fully saturated rings. The topological polar surface area (TPSA) is 72.4 Å². The van der Waals surface area contributed by atoms with Gasteiger partial charge in [-0.3, -0.25) is 0 Å². The molecule has 6 heteroatoms. The fourth-order valence-electron chi connectivity index (χ4n) is 2.88. The summed E-state index contributed by atoms with van der Waals surface area (Å²) < 4.78 is 0. The lowest BCUT2D eigenvalue weighted by molar-refractivity contribution is 0.0617. The van der Waals surface area contributed by atoms with Crippen LogP contribution in [0.25, 0.3) is 10.9 Å². The summed E-state index contributed by atoms with van der Waals surface area (Å²) in [6.45, 7) is 5.49. The van der Waals surface area contributed by atoms with Gasteiger partial charge in [-0.1, -0.05) is 48.5 Å². The highest BCUT2D eigenvalue weighted by atomic mass is 127. The predicted octanol–water partition coefficient (Wildman–Crippen LogP) is 3.75. The molecule has 1 aromatic heterocycles. The molecule has 5 nitrogen and oxygen atoms in total. The Bertz CT molecular complexity index is 841. The van der Waals surface area contributed by atoms with Crippen molar-refractivity contribution in [1.82, 2.24) is 15.6 Å². The smallest absolute Gasteiger partial charge is 0.191 e. The SMILES string of the molecule is CCNC(=NCc1cc2ccccc2[nH]1)NCC(C)(O)c1ccccc1.I. The first-order valence-corrected chi connectivity index (χ1v) is 8.95. The molecule has 0 aliphatic rings. The third-order valence-corrected chi connectivity index (χ3v) is 4.33. The summed E-state index contributed by atoms with van der Waals surface area (Å²) in [5, 5.41) is 18.4. The molecule has 4 N–H and O–H groups in total. The number of guanidine groups is 1. The summed E-state index contributed by atoms with van der Waals surface area (Å²) in [4.78, 5) is 8.01. The van der Waals surface area contributed by atoms with Gasteiger partial charge < -0.3 is 20.7 Å². The van der Waals surface area contributed by atoms with Crippen molar-refractivity contribution in [3.05, 3.63) is 71.9 Å². The Kier molecular flexibility index (Phi) is 7.67. The predicted molar refractivity (Wildman–Crippen MR) is 123 cm³/mol. The zero-order chi connectivity index (χ0) is 18.4. The summed E-state index contributed by atoms with van der Waals surface area (Å²) in [6, 6.07) is 20.0. The van der Waals surface area contributed by atoms with Crippen LogP contribution < -0.4 is 10.6 Å². The Balaban J connectivity index is 0.00000261. The van der Waals surface area contributed by atoms with Gasteiger partial charge in [0.25, 0.3) is 0 Å². The van der Waals surface area contributed by atoms with E-state index < -0.39 is 5.60 Å². The molecule has 27 heavy (non-hydrogen) atoms. The molecule has 0 spiro atoms.